The van der Waals surface area contributed by atoms with Crippen molar-refractivity contribution in [1.29, 1.82) is 0 Å². The van der Waals surface area contributed by atoms with Crippen molar-refractivity contribution in [2.45, 2.75) is 19.9 Å². The van der Waals surface area contributed by atoms with Gasteiger partial charge >= 0.3 is 0 Å². The molecule has 0 fully saturated rings. The number of hydrogen-bond acceptors (Lipinski definition) is 5. The van der Waals surface area contributed by atoms with Gasteiger partial charge in [0.2, 0.25) is 5.91 Å². The molecule has 0 aliphatic carbocycles. The summed E-state index contributed by atoms with van der Waals surface area (Å²) in [7, 11) is 1.56. The highest BCUT2D eigenvalue weighted by Crippen LogP contribution is 2.15. The van der Waals surface area contributed by atoms with Crippen molar-refractivity contribution < 1.29 is 9.53 Å². The first kappa shape index (κ1) is 16.6. The average molecular weight is 347 g/mol. The Balaban J connectivity index is 2.66. The molecule has 0 atom stereocenters. The minimum atomic E-state index is -0.263. The molecular formula is C12H19BrN4O3. The van der Waals surface area contributed by atoms with Crippen LogP contribution in [0.4, 0.5) is 5.69 Å². The molecule has 0 aliphatic heterocycles. The lowest BCUT2D eigenvalue weighted by molar-refractivity contribution is -0.119. The van der Waals surface area contributed by atoms with E-state index >= 15 is 0 Å². The van der Waals surface area contributed by atoms with Gasteiger partial charge in [0.25, 0.3) is 5.56 Å². The molecule has 1 aromatic heterocycles. The van der Waals surface area contributed by atoms with Crippen LogP contribution in [0.1, 0.15) is 13.3 Å². The maximum atomic E-state index is 12.0. The van der Waals surface area contributed by atoms with Crippen molar-refractivity contribution in [3.63, 3.8) is 0 Å². The zero-order valence-corrected chi connectivity index (χ0v) is 13.2. The fourth-order valence-electron chi connectivity index (χ4n) is 1.43. The second-order valence-corrected chi connectivity index (χ2v) is 4.89. The van der Waals surface area contributed by atoms with E-state index in [1.807, 2.05) is 6.92 Å². The summed E-state index contributed by atoms with van der Waals surface area (Å²) in [6, 6.07) is 0. The van der Waals surface area contributed by atoms with Gasteiger partial charge in [-0.2, -0.15) is 5.10 Å². The van der Waals surface area contributed by atoms with Gasteiger partial charge in [0.05, 0.1) is 31.6 Å². The van der Waals surface area contributed by atoms with Crippen LogP contribution in [0, 0.1) is 0 Å². The summed E-state index contributed by atoms with van der Waals surface area (Å²) in [6.45, 7) is 3.50. The molecule has 1 amide bonds. The van der Waals surface area contributed by atoms with E-state index in [1.54, 1.807) is 7.11 Å². The summed E-state index contributed by atoms with van der Waals surface area (Å²) >= 11 is 3.22. The van der Waals surface area contributed by atoms with E-state index in [9.17, 15) is 9.59 Å². The van der Waals surface area contributed by atoms with E-state index in [-0.39, 0.29) is 18.0 Å². The molecule has 0 aliphatic rings. The predicted octanol–water partition coefficient (Wildman–Crippen LogP) is 0.590. The Morgan fingerprint density at radius 3 is 2.95 bits per heavy atom. The van der Waals surface area contributed by atoms with E-state index < -0.39 is 0 Å². The van der Waals surface area contributed by atoms with Crippen molar-refractivity contribution >= 4 is 27.5 Å². The number of rotatable bonds is 8. The Labute approximate surface area is 125 Å². The molecule has 1 heterocycles. The summed E-state index contributed by atoms with van der Waals surface area (Å²) in [5.74, 6) is -0.123. The SMILES string of the molecule is CCCNC(=O)CNc1cnn(CCOC)c(=O)c1Br. The van der Waals surface area contributed by atoms with Crippen molar-refractivity contribution in [2.75, 3.05) is 32.1 Å². The van der Waals surface area contributed by atoms with Gasteiger partial charge in [0.1, 0.15) is 4.47 Å². The maximum Gasteiger partial charge on any atom is 0.283 e. The van der Waals surface area contributed by atoms with Crippen LogP contribution < -0.4 is 16.2 Å². The van der Waals surface area contributed by atoms with Crippen LogP contribution >= 0.6 is 15.9 Å². The van der Waals surface area contributed by atoms with Gasteiger partial charge in [0, 0.05) is 13.7 Å². The molecule has 0 spiro atoms. The number of ether oxygens (including phenoxy) is 1. The third-order valence-corrected chi connectivity index (χ3v) is 3.27. The minimum Gasteiger partial charge on any atom is -0.383 e. The zero-order valence-electron chi connectivity index (χ0n) is 11.6. The Morgan fingerprint density at radius 2 is 2.30 bits per heavy atom. The Bertz CT molecular complexity index is 504. The summed E-state index contributed by atoms with van der Waals surface area (Å²) in [5.41, 5.74) is 0.233. The Hall–Kier alpha value is -1.41. The number of hydrogen-bond donors (Lipinski definition) is 2. The van der Waals surface area contributed by atoms with Crippen molar-refractivity contribution in [3.8, 4) is 0 Å². The normalized spacial score (nSPS) is 10.3. The highest BCUT2D eigenvalue weighted by Gasteiger charge is 2.09. The summed E-state index contributed by atoms with van der Waals surface area (Å²) in [5, 5.41) is 9.64. The van der Waals surface area contributed by atoms with Crippen LogP contribution in [0.25, 0.3) is 0 Å². The number of aromatic nitrogens is 2. The summed E-state index contributed by atoms with van der Waals surface area (Å²) in [4.78, 5) is 23.4. The zero-order chi connectivity index (χ0) is 15.0. The number of carbonyl (C=O) groups is 1. The Morgan fingerprint density at radius 1 is 1.55 bits per heavy atom. The van der Waals surface area contributed by atoms with Crippen molar-refractivity contribution in [1.82, 2.24) is 15.1 Å². The fraction of sp³-hybridized carbons (Fsp3) is 0.583. The lowest BCUT2D eigenvalue weighted by atomic mass is 10.4. The summed E-state index contributed by atoms with van der Waals surface area (Å²) in [6.07, 6.45) is 2.39. The van der Waals surface area contributed by atoms with Gasteiger partial charge in [-0.15, -0.1) is 0 Å². The first-order valence-electron chi connectivity index (χ1n) is 6.35. The largest absolute Gasteiger partial charge is 0.383 e. The van der Waals surface area contributed by atoms with Crippen LogP contribution in [0.2, 0.25) is 0 Å². The second-order valence-electron chi connectivity index (χ2n) is 4.10. The molecule has 0 radical (unpaired) electrons. The smallest absolute Gasteiger partial charge is 0.283 e. The van der Waals surface area contributed by atoms with Crippen molar-refractivity contribution in [3.05, 3.63) is 21.0 Å². The maximum absolute atomic E-state index is 12.0. The van der Waals surface area contributed by atoms with Gasteiger partial charge in [-0.1, -0.05) is 6.92 Å². The van der Waals surface area contributed by atoms with Crippen LogP contribution in [0.3, 0.4) is 0 Å². The second kappa shape index (κ2) is 8.70. The van der Waals surface area contributed by atoms with Gasteiger partial charge in [-0.25, -0.2) is 4.68 Å². The standard InChI is InChI=1S/C12H19BrN4O3/c1-3-4-14-10(18)8-15-9-7-16-17(5-6-20-2)12(19)11(9)13/h7,15H,3-6,8H2,1-2H3,(H,14,18). The minimum absolute atomic E-state index is 0.0990. The van der Waals surface area contributed by atoms with Gasteiger partial charge in [0.15, 0.2) is 0 Å². The monoisotopic (exact) mass is 346 g/mol. The molecule has 8 heteroatoms. The number of amides is 1. The summed E-state index contributed by atoms with van der Waals surface area (Å²) < 4.78 is 6.56. The third-order valence-electron chi connectivity index (χ3n) is 2.50. The van der Waals surface area contributed by atoms with E-state index in [2.05, 4.69) is 31.7 Å². The van der Waals surface area contributed by atoms with Crippen LogP contribution in [-0.4, -0.2) is 42.5 Å². The number of halogens is 1. The third kappa shape index (κ3) is 4.93. The quantitative estimate of drug-likeness (QED) is 0.719. The topological polar surface area (TPSA) is 85.2 Å². The molecule has 7 nitrogen and oxygen atoms in total. The van der Waals surface area contributed by atoms with Gasteiger partial charge in [-0.05, 0) is 22.4 Å². The molecular weight excluding hydrogens is 328 g/mol. The van der Waals surface area contributed by atoms with Crippen LogP contribution in [0.5, 0.6) is 0 Å². The van der Waals surface area contributed by atoms with Crippen LogP contribution in [0.15, 0.2) is 15.5 Å². The molecule has 0 saturated heterocycles. The van der Waals surface area contributed by atoms with Crippen LogP contribution in [-0.2, 0) is 16.1 Å². The lowest BCUT2D eigenvalue weighted by Gasteiger charge is -2.10. The van der Waals surface area contributed by atoms with Gasteiger partial charge < -0.3 is 15.4 Å². The van der Waals surface area contributed by atoms with Crippen molar-refractivity contribution in [2.24, 2.45) is 0 Å². The Kier molecular flexibility index (Phi) is 7.24. The lowest BCUT2D eigenvalue weighted by Crippen LogP contribution is -2.31. The number of anilines is 1. The molecule has 0 bridgehead atoms. The fourth-order valence-corrected chi connectivity index (χ4v) is 1.87. The molecule has 0 aromatic carbocycles. The molecule has 2 N–H and O–H groups in total. The number of nitrogens with zero attached hydrogens (tertiary/aromatic N) is 2. The first-order chi connectivity index (χ1) is 9.60. The number of methoxy groups -OCH3 is 1. The number of carbonyl (C=O) groups excluding carboxylic acids is 1. The number of nitrogens with one attached hydrogen (secondary N) is 2. The van der Waals surface area contributed by atoms with E-state index in [1.165, 1.54) is 10.9 Å². The first-order valence-corrected chi connectivity index (χ1v) is 7.14. The van der Waals surface area contributed by atoms with E-state index in [4.69, 9.17) is 4.74 Å². The molecule has 112 valence electrons. The highest BCUT2D eigenvalue weighted by atomic mass is 79.9. The van der Waals surface area contributed by atoms with E-state index in [0.717, 1.165) is 6.42 Å². The molecule has 20 heavy (non-hydrogen) atoms. The highest BCUT2D eigenvalue weighted by molar-refractivity contribution is 9.10. The molecule has 0 unspecified atom stereocenters. The molecule has 1 aromatic rings. The molecule has 1 rings (SSSR count). The van der Waals surface area contributed by atoms with Gasteiger partial charge in [-0.3, -0.25) is 9.59 Å². The molecule has 0 saturated carbocycles. The predicted molar refractivity (Wildman–Crippen MR) is 79.9 cm³/mol. The van der Waals surface area contributed by atoms with E-state index in [0.29, 0.717) is 29.9 Å². The average Bonchev–Trinajstić information content (AvgIpc) is 2.45.